The van der Waals surface area contributed by atoms with E-state index < -0.39 is 11.6 Å². The van der Waals surface area contributed by atoms with Crippen molar-refractivity contribution in [2.45, 2.75) is 24.0 Å². The summed E-state index contributed by atoms with van der Waals surface area (Å²) in [6.45, 7) is 2.01. The van der Waals surface area contributed by atoms with Gasteiger partial charge in [-0.1, -0.05) is 6.92 Å². The highest BCUT2D eigenvalue weighted by Gasteiger charge is 2.12. The summed E-state index contributed by atoms with van der Waals surface area (Å²) in [6.07, 6.45) is 0.836. The highest BCUT2D eigenvalue weighted by molar-refractivity contribution is 7.98. The predicted molar refractivity (Wildman–Crippen MR) is 72.9 cm³/mol. The van der Waals surface area contributed by atoms with Gasteiger partial charge in [-0.05, 0) is 24.6 Å². The maximum atomic E-state index is 13.6. The van der Waals surface area contributed by atoms with Crippen molar-refractivity contribution < 1.29 is 8.78 Å². The van der Waals surface area contributed by atoms with E-state index in [1.54, 1.807) is 4.68 Å². The van der Waals surface area contributed by atoms with Gasteiger partial charge >= 0.3 is 0 Å². The van der Waals surface area contributed by atoms with Gasteiger partial charge in [-0.2, -0.15) is 5.10 Å². The molecule has 6 heteroatoms. The maximum absolute atomic E-state index is 13.6. The zero-order valence-electron chi connectivity index (χ0n) is 10.8. The summed E-state index contributed by atoms with van der Waals surface area (Å²) < 4.78 is 29.0. The normalized spacial score (nSPS) is 10.9. The molecule has 0 fully saturated rings. The number of nitrogens with two attached hydrogens (primary N) is 1. The number of rotatable bonds is 4. The second-order valence-corrected chi connectivity index (χ2v) is 5.19. The van der Waals surface area contributed by atoms with Gasteiger partial charge in [-0.15, -0.1) is 11.8 Å². The van der Waals surface area contributed by atoms with E-state index in [-0.39, 0.29) is 10.6 Å². The number of aryl methyl sites for hydroxylation is 2. The van der Waals surface area contributed by atoms with E-state index in [1.807, 2.05) is 20.0 Å². The number of nitrogens with zero attached hydrogens (tertiary/aromatic N) is 2. The summed E-state index contributed by atoms with van der Waals surface area (Å²) in [6, 6.07) is 4.21. The van der Waals surface area contributed by atoms with Crippen molar-refractivity contribution in [1.82, 2.24) is 9.78 Å². The number of benzene rings is 1. The van der Waals surface area contributed by atoms with Crippen molar-refractivity contribution in [1.29, 1.82) is 0 Å². The van der Waals surface area contributed by atoms with Crippen molar-refractivity contribution in [3.05, 3.63) is 41.2 Å². The Morgan fingerprint density at radius 2 is 1.89 bits per heavy atom. The van der Waals surface area contributed by atoms with Gasteiger partial charge in [0.15, 0.2) is 0 Å². The second-order valence-electron chi connectivity index (χ2n) is 4.21. The zero-order chi connectivity index (χ0) is 14.0. The number of hydrogen-bond donors (Lipinski definition) is 1. The Morgan fingerprint density at radius 1 is 1.26 bits per heavy atom. The summed E-state index contributed by atoms with van der Waals surface area (Å²) in [5, 5.41) is 4.30. The average Bonchev–Trinajstić information content (AvgIpc) is 2.69. The van der Waals surface area contributed by atoms with Gasteiger partial charge in [-0.3, -0.25) is 4.68 Å². The quantitative estimate of drug-likeness (QED) is 0.692. The first kappa shape index (κ1) is 13.9. The van der Waals surface area contributed by atoms with E-state index in [0.717, 1.165) is 41.7 Å². The van der Waals surface area contributed by atoms with Crippen LogP contribution in [-0.4, -0.2) is 9.78 Å². The molecule has 1 heterocycles. The molecule has 0 aliphatic rings. The first-order valence-electron chi connectivity index (χ1n) is 5.90. The van der Waals surface area contributed by atoms with Crippen LogP contribution in [0.5, 0.6) is 0 Å². The van der Waals surface area contributed by atoms with E-state index in [2.05, 4.69) is 5.10 Å². The molecule has 0 atom stereocenters. The highest BCUT2D eigenvalue weighted by atomic mass is 32.2. The third-order valence-corrected chi connectivity index (χ3v) is 3.89. The van der Waals surface area contributed by atoms with E-state index >= 15 is 0 Å². The third-order valence-electron chi connectivity index (χ3n) is 2.77. The summed E-state index contributed by atoms with van der Waals surface area (Å²) in [7, 11) is 1.82. The van der Waals surface area contributed by atoms with Crippen LogP contribution < -0.4 is 5.73 Å². The molecule has 0 bridgehead atoms. The predicted octanol–water partition coefficient (Wildman–Crippen LogP) is 3.14. The molecule has 0 unspecified atom stereocenters. The molecule has 2 rings (SSSR count). The molecule has 102 valence electrons. The van der Waals surface area contributed by atoms with E-state index in [9.17, 15) is 8.78 Å². The Labute approximate surface area is 114 Å². The average molecular weight is 283 g/mol. The largest absolute Gasteiger partial charge is 0.399 e. The fourth-order valence-corrected chi connectivity index (χ4v) is 2.70. The molecular weight excluding hydrogens is 268 g/mol. The topological polar surface area (TPSA) is 43.8 Å². The van der Waals surface area contributed by atoms with Gasteiger partial charge in [0, 0.05) is 24.2 Å². The number of thioether (sulfide) groups is 1. The van der Waals surface area contributed by atoms with Crippen LogP contribution in [0.25, 0.3) is 0 Å². The summed E-state index contributed by atoms with van der Waals surface area (Å²) in [4.78, 5) is -0.00607. The smallest absolute Gasteiger partial charge is 0.141 e. The summed E-state index contributed by atoms with van der Waals surface area (Å²) in [5.74, 6) is -0.790. The fourth-order valence-electron chi connectivity index (χ4n) is 1.74. The number of aromatic nitrogens is 2. The molecule has 0 saturated heterocycles. The minimum Gasteiger partial charge on any atom is -0.399 e. The zero-order valence-corrected chi connectivity index (χ0v) is 11.6. The van der Waals surface area contributed by atoms with Crippen LogP contribution >= 0.6 is 11.8 Å². The SMILES string of the molecule is CCc1cc(CSc2c(F)cc(N)cc2F)n(C)n1. The van der Waals surface area contributed by atoms with Gasteiger partial charge in [0.25, 0.3) is 0 Å². The Bertz CT molecular complexity index is 573. The van der Waals surface area contributed by atoms with Crippen LogP contribution in [-0.2, 0) is 19.2 Å². The number of halogens is 2. The minimum absolute atomic E-state index is 0.00607. The van der Waals surface area contributed by atoms with Crippen molar-refractivity contribution in [2.24, 2.45) is 7.05 Å². The molecule has 0 amide bonds. The van der Waals surface area contributed by atoms with Crippen molar-refractivity contribution in [3.8, 4) is 0 Å². The third kappa shape index (κ3) is 3.07. The molecule has 2 N–H and O–H groups in total. The van der Waals surface area contributed by atoms with Crippen LogP contribution in [0.15, 0.2) is 23.1 Å². The lowest BCUT2D eigenvalue weighted by molar-refractivity contribution is 0.541. The Morgan fingerprint density at radius 3 is 2.42 bits per heavy atom. The van der Waals surface area contributed by atoms with Crippen LogP contribution in [0.3, 0.4) is 0 Å². The van der Waals surface area contributed by atoms with E-state index in [0.29, 0.717) is 5.75 Å². The Balaban J connectivity index is 2.16. The molecule has 0 aliphatic heterocycles. The number of anilines is 1. The molecule has 1 aromatic heterocycles. The lowest BCUT2D eigenvalue weighted by Gasteiger charge is -2.06. The molecule has 19 heavy (non-hydrogen) atoms. The molecule has 3 nitrogen and oxygen atoms in total. The van der Waals surface area contributed by atoms with Gasteiger partial charge in [0.2, 0.25) is 0 Å². The molecule has 0 radical (unpaired) electrons. The van der Waals surface area contributed by atoms with Crippen molar-refractivity contribution in [2.75, 3.05) is 5.73 Å². The van der Waals surface area contributed by atoms with E-state index in [4.69, 9.17) is 5.73 Å². The first-order chi connectivity index (χ1) is 9.01. The van der Waals surface area contributed by atoms with E-state index in [1.165, 1.54) is 0 Å². The van der Waals surface area contributed by atoms with Gasteiger partial charge in [-0.25, -0.2) is 8.78 Å². The van der Waals surface area contributed by atoms with Crippen molar-refractivity contribution in [3.63, 3.8) is 0 Å². The number of nitrogen functional groups attached to an aromatic ring is 1. The van der Waals surface area contributed by atoms with Crippen molar-refractivity contribution >= 4 is 17.4 Å². The lowest BCUT2D eigenvalue weighted by Crippen LogP contribution is -1.98. The lowest BCUT2D eigenvalue weighted by atomic mass is 10.3. The molecule has 1 aromatic carbocycles. The van der Waals surface area contributed by atoms with Crippen LogP contribution in [0.4, 0.5) is 14.5 Å². The molecule has 0 spiro atoms. The van der Waals surface area contributed by atoms with Gasteiger partial charge < -0.3 is 5.73 Å². The molecule has 0 saturated carbocycles. The Hall–Kier alpha value is -1.56. The minimum atomic E-state index is -0.625. The van der Waals surface area contributed by atoms with Crippen LogP contribution in [0, 0.1) is 11.6 Å². The summed E-state index contributed by atoms with van der Waals surface area (Å²) >= 11 is 1.11. The maximum Gasteiger partial charge on any atom is 0.141 e. The van der Waals surface area contributed by atoms with Crippen LogP contribution in [0.2, 0.25) is 0 Å². The van der Waals surface area contributed by atoms with Crippen LogP contribution in [0.1, 0.15) is 18.3 Å². The fraction of sp³-hybridized carbons (Fsp3) is 0.308. The first-order valence-corrected chi connectivity index (χ1v) is 6.89. The highest BCUT2D eigenvalue weighted by Crippen LogP contribution is 2.29. The monoisotopic (exact) mass is 283 g/mol. The van der Waals surface area contributed by atoms with Gasteiger partial charge in [0.1, 0.15) is 11.6 Å². The molecular formula is C13H15F2N3S. The summed E-state index contributed by atoms with van der Waals surface area (Å²) in [5.41, 5.74) is 7.37. The molecule has 0 aliphatic carbocycles. The number of hydrogen-bond acceptors (Lipinski definition) is 3. The molecule has 2 aromatic rings. The van der Waals surface area contributed by atoms with Gasteiger partial charge in [0.05, 0.1) is 10.6 Å². The standard InChI is InChI=1S/C13H15F2N3S/c1-3-9-6-10(18(2)17-9)7-19-13-11(14)4-8(16)5-12(13)15/h4-6H,3,7,16H2,1-2H3. The second kappa shape index (κ2) is 5.61. The Kier molecular flexibility index (Phi) is 4.09.